The summed E-state index contributed by atoms with van der Waals surface area (Å²) in [5, 5.41) is 16.8. The van der Waals surface area contributed by atoms with Gasteiger partial charge in [0.15, 0.2) is 0 Å². The summed E-state index contributed by atoms with van der Waals surface area (Å²) in [5.41, 5.74) is 0. The van der Waals surface area contributed by atoms with E-state index in [1.54, 1.807) is 0 Å². The van der Waals surface area contributed by atoms with Crippen LogP contribution in [0.15, 0.2) is 0 Å². The fraction of sp³-hybridized carbons (Fsp3) is 0.667. The van der Waals surface area contributed by atoms with Crippen molar-refractivity contribution in [1.29, 1.82) is 10.5 Å². The maximum atomic E-state index is 11.4. The van der Waals surface area contributed by atoms with Gasteiger partial charge in [-0.15, -0.1) is 11.6 Å². The van der Waals surface area contributed by atoms with Gasteiger partial charge in [-0.25, -0.2) is 0 Å². The number of rotatable bonds is 6. The molecule has 76 valence electrons. The number of halogens is 1. The number of amides is 1. The summed E-state index contributed by atoms with van der Waals surface area (Å²) in [7, 11) is 0. The van der Waals surface area contributed by atoms with E-state index in [0.717, 1.165) is 6.42 Å². The molecular formula is C9H12ClN3O. The van der Waals surface area contributed by atoms with E-state index in [4.69, 9.17) is 22.1 Å². The summed E-state index contributed by atoms with van der Waals surface area (Å²) in [6, 6.07) is 3.70. The van der Waals surface area contributed by atoms with Crippen molar-refractivity contribution in [1.82, 2.24) is 4.90 Å². The van der Waals surface area contributed by atoms with Crippen molar-refractivity contribution in [3.63, 3.8) is 0 Å². The van der Waals surface area contributed by atoms with Gasteiger partial charge in [0.05, 0.1) is 12.1 Å². The molecule has 0 heterocycles. The monoisotopic (exact) mass is 213 g/mol. The Labute approximate surface area is 88.7 Å². The molecule has 0 aliphatic carbocycles. The van der Waals surface area contributed by atoms with E-state index in [0.29, 0.717) is 18.7 Å². The molecule has 0 saturated heterocycles. The van der Waals surface area contributed by atoms with Crippen LogP contribution < -0.4 is 0 Å². The molecule has 14 heavy (non-hydrogen) atoms. The zero-order valence-electron chi connectivity index (χ0n) is 7.87. The molecule has 0 fully saturated rings. The second-order valence-electron chi connectivity index (χ2n) is 2.71. The third-order valence-corrected chi connectivity index (χ3v) is 1.92. The van der Waals surface area contributed by atoms with E-state index in [2.05, 4.69) is 0 Å². The Morgan fingerprint density at radius 1 is 1.21 bits per heavy atom. The fourth-order valence-electron chi connectivity index (χ4n) is 0.932. The first-order valence-corrected chi connectivity index (χ1v) is 4.87. The average Bonchev–Trinajstić information content (AvgIpc) is 2.18. The zero-order chi connectivity index (χ0) is 10.8. The molecule has 4 nitrogen and oxygen atoms in total. The fourth-order valence-corrected chi connectivity index (χ4v) is 1.12. The van der Waals surface area contributed by atoms with Crippen molar-refractivity contribution in [2.24, 2.45) is 0 Å². The molecule has 0 aliphatic heterocycles. The Hall–Kier alpha value is -1.26. The summed E-state index contributed by atoms with van der Waals surface area (Å²) in [6.07, 6.45) is 1.84. The van der Waals surface area contributed by atoms with Gasteiger partial charge in [0.2, 0.25) is 5.91 Å². The van der Waals surface area contributed by atoms with Crippen LogP contribution in [-0.2, 0) is 4.79 Å². The molecular weight excluding hydrogens is 202 g/mol. The van der Waals surface area contributed by atoms with Gasteiger partial charge in [-0.05, 0) is 12.8 Å². The Morgan fingerprint density at radius 2 is 1.79 bits per heavy atom. The molecule has 0 radical (unpaired) electrons. The SMILES string of the molecule is N#CCN(CC#N)C(=O)CCCCCl. The Morgan fingerprint density at radius 3 is 2.21 bits per heavy atom. The van der Waals surface area contributed by atoms with Gasteiger partial charge >= 0.3 is 0 Å². The van der Waals surface area contributed by atoms with Gasteiger partial charge in [0.1, 0.15) is 13.1 Å². The van der Waals surface area contributed by atoms with Gasteiger partial charge in [0.25, 0.3) is 0 Å². The lowest BCUT2D eigenvalue weighted by Gasteiger charge is -2.15. The topological polar surface area (TPSA) is 67.9 Å². The van der Waals surface area contributed by atoms with E-state index in [-0.39, 0.29) is 19.0 Å². The van der Waals surface area contributed by atoms with E-state index >= 15 is 0 Å². The maximum absolute atomic E-state index is 11.4. The van der Waals surface area contributed by atoms with Crippen molar-refractivity contribution in [2.75, 3.05) is 19.0 Å². The molecule has 5 heteroatoms. The minimum Gasteiger partial charge on any atom is -0.316 e. The molecule has 0 aromatic rings. The number of nitriles is 2. The van der Waals surface area contributed by atoms with E-state index in [9.17, 15) is 4.79 Å². The molecule has 0 bridgehead atoms. The van der Waals surface area contributed by atoms with E-state index < -0.39 is 0 Å². The predicted molar refractivity (Wildman–Crippen MR) is 52.4 cm³/mol. The first-order chi connectivity index (χ1) is 6.76. The smallest absolute Gasteiger partial charge is 0.224 e. The van der Waals surface area contributed by atoms with Crippen LogP contribution in [0, 0.1) is 22.7 Å². The van der Waals surface area contributed by atoms with Gasteiger partial charge in [-0.1, -0.05) is 0 Å². The Balaban J connectivity index is 3.91. The highest BCUT2D eigenvalue weighted by Crippen LogP contribution is 2.01. The molecule has 0 aromatic carbocycles. The summed E-state index contributed by atoms with van der Waals surface area (Å²) in [4.78, 5) is 12.6. The third-order valence-electron chi connectivity index (χ3n) is 1.65. The molecule has 0 saturated carbocycles. The first-order valence-electron chi connectivity index (χ1n) is 4.34. The molecule has 0 rings (SSSR count). The van der Waals surface area contributed by atoms with Crippen LogP contribution in [0.3, 0.4) is 0 Å². The van der Waals surface area contributed by atoms with Crippen LogP contribution in [0.5, 0.6) is 0 Å². The molecule has 0 N–H and O–H groups in total. The number of hydrogen-bond donors (Lipinski definition) is 0. The minimum absolute atomic E-state index is 0.0206. The van der Waals surface area contributed by atoms with Crippen molar-refractivity contribution in [3.05, 3.63) is 0 Å². The standard InChI is InChI=1S/C9H12ClN3O/c10-4-2-1-3-9(14)13(7-5-11)8-6-12/h1-4,7-8H2. The molecule has 0 atom stereocenters. The lowest BCUT2D eigenvalue weighted by atomic mass is 10.2. The van der Waals surface area contributed by atoms with Crippen molar-refractivity contribution in [2.45, 2.75) is 19.3 Å². The van der Waals surface area contributed by atoms with Gasteiger partial charge in [-0.3, -0.25) is 4.79 Å². The van der Waals surface area contributed by atoms with Crippen LogP contribution in [0.25, 0.3) is 0 Å². The van der Waals surface area contributed by atoms with Crippen molar-refractivity contribution >= 4 is 17.5 Å². The maximum Gasteiger partial charge on any atom is 0.224 e. The average molecular weight is 214 g/mol. The summed E-state index contributed by atoms with van der Waals surface area (Å²) < 4.78 is 0. The number of nitrogens with zero attached hydrogens (tertiary/aromatic N) is 3. The molecule has 0 unspecified atom stereocenters. The number of carbonyl (C=O) groups excluding carboxylic acids is 1. The second kappa shape index (κ2) is 8.34. The summed E-state index contributed by atoms with van der Waals surface area (Å²) in [6.45, 7) is -0.0411. The van der Waals surface area contributed by atoms with Crippen molar-refractivity contribution < 1.29 is 4.79 Å². The van der Waals surface area contributed by atoms with Crippen LogP contribution in [0.2, 0.25) is 0 Å². The minimum atomic E-state index is -0.154. The Bertz CT molecular complexity index is 238. The van der Waals surface area contributed by atoms with Crippen LogP contribution >= 0.6 is 11.6 Å². The second-order valence-corrected chi connectivity index (χ2v) is 3.09. The van der Waals surface area contributed by atoms with Crippen molar-refractivity contribution in [3.8, 4) is 12.1 Å². The highest BCUT2D eigenvalue weighted by molar-refractivity contribution is 6.17. The van der Waals surface area contributed by atoms with Crippen LogP contribution in [-0.4, -0.2) is 29.8 Å². The van der Waals surface area contributed by atoms with E-state index in [1.807, 2.05) is 12.1 Å². The summed E-state index contributed by atoms with van der Waals surface area (Å²) in [5.74, 6) is 0.377. The van der Waals surface area contributed by atoms with Crippen LogP contribution in [0.1, 0.15) is 19.3 Å². The van der Waals surface area contributed by atoms with Gasteiger partial charge in [0, 0.05) is 12.3 Å². The summed E-state index contributed by atoms with van der Waals surface area (Å²) >= 11 is 5.46. The molecule has 1 amide bonds. The van der Waals surface area contributed by atoms with E-state index in [1.165, 1.54) is 4.90 Å². The third kappa shape index (κ3) is 5.40. The zero-order valence-corrected chi connectivity index (χ0v) is 8.63. The normalized spacial score (nSPS) is 8.79. The molecule has 0 aliphatic rings. The largest absolute Gasteiger partial charge is 0.316 e. The Kier molecular flexibility index (Phi) is 7.59. The molecule has 0 spiro atoms. The van der Waals surface area contributed by atoms with Gasteiger partial charge < -0.3 is 4.90 Å². The lowest BCUT2D eigenvalue weighted by molar-refractivity contribution is -0.130. The number of hydrogen-bond acceptors (Lipinski definition) is 3. The first kappa shape index (κ1) is 12.7. The van der Waals surface area contributed by atoms with Crippen LogP contribution in [0.4, 0.5) is 0 Å². The number of carbonyl (C=O) groups is 1. The highest BCUT2D eigenvalue weighted by Gasteiger charge is 2.11. The van der Waals surface area contributed by atoms with Gasteiger partial charge in [-0.2, -0.15) is 10.5 Å². The quantitative estimate of drug-likeness (QED) is 0.379. The highest BCUT2D eigenvalue weighted by atomic mass is 35.5. The lowest BCUT2D eigenvalue weighted by Crippen LogP contribution is -2.31. The number of alkyl halides is 1. The molecule has 0 aromatic heterocycles. The number of unbranched alkanes of at least 4 members (excludes halogenated alkanes) is 1. The predicted octanol–water partition coefficient (Wildman–Crippen LogP) is 1.27.